The standard InChI is InChI=1S/C14H17Cl2NO2/c1-9-2-5-13(16)11(6-9)7-10-3-4-12(15)8-14(10)17(18)19/h3-4,8-9,11,13H,2,5-7H2,1H3. The molecule has 0 heterocycles. The quantitative estimate of drug-likeness (QED) is 0.456. The van der Waals surface area contributed by atoms with Crippen molar-refractivity contribution in [3.8, 4) is 0 Å². The minimum absolute atomic E-state index is 0.106. The fourth-order valence-electron chi connectivity index (χ4n) is 2.84. The highest BCUT2D eigenvalue weighted by Crippen LogP contribution is 2.36. The van der Waals surface area contributed by atoms with E-state index in [1.165, 1.54) is 6.07 Å². The number of benzene rings is 1. The Morgan fingerprint density at radius 1 is 1.42 bits per heavy atom. The molecule has 104 valence electrons. The lowest BCUT2D eigenvalue weighted by Crippen LogP contribution is -2.26. The topological polar surface area (TPSA) is 43.1 Å². The van der Waals surface area contributed by atoms with Gasteiger partial charge in [0.05, 0.1) is 4.92 Å². The van der Waals surface area contributed by atoms with Gasteiger partial charge in [0, 0.05) is 22.0 Å². The van der Waals surface area contributed by atoms with Crippen molar-refractivity contribution in [2.45, 2.75) is 38.0 Å². The van der Waals surface area contributed by atoms with E-state index in [0.29, 0.717) is 23.3 Å². The summed E-state index contributed by atoms with van der Waals surface area (Å²) in [5, 5.41) is 11.6. The van der Waals surface area contributed by atoms with Crippen molar-refractivity contribution in [1.29, 1.82) is 0 Å². The Morgan fingerprint density at radius 2 is 2.16 bits per heavy atom. The summed E-state index contributed by atoms with van der Waals surface area (Å²) in [6.45, 7) is 2.21. The molecular weight excluding hydrogens is 285 g/mol. The molecule has 5 heteroatoms. The maximum absolute atomic E-state index is 11.1. The summed E-state index contributed by atoms with van der Waals surface area (Å²) >= 11 is 12.2. The molecule has 19 heavy (non-hydrogen) atoms. The van der Waals surface area contributed by atoms with Gasteiger partial charge in [-0.1, -0.05) is 24.6 Å². The second-order valence-corrected chi connectivity index (χ2v) is 6.43. The molecule has 0 aromatic heterocycles. The van der Waals surface area contributed by atoms with Crippen molar-refractivity contribution in [3.63, 3.8) is 0 Å². The molecule has 1 fully saturated rings. The van der Waals surface area contributed by atoms with Gasteiger partial charge in [-0.3, -0.25) is 10.1 Å². The molecule has 1 aliphatic rings. The Hall–Kier alpha value is -0.800. The molecule has 0 spiro atoms. The van der Waals surface area contributed by atoms with Gasteiger partial charge in [-0.25, -0.2) is 0 Å². The lowest BCUT2D eigenvalue weighted by Gasteiger charge is -2.31. The zero-order chi connectivity index (χ0) is 14.0. The highest BCUT2D eigenvalue weighted by molar-refractivity contribution is 6.30. The third-order valence-corrected chi connectivity index (χ3v) is 4.69. The second kappa shape index (κ2) is 6.10. The Bertz CT molecular complexity index is 479. The molecule has 3 unspecified atom stereocenters. The first-order valence-corrected chi connectivity index (χ1v) is 7.35. The maximum atomic E-state index is 11.1. The van der Waals surface area contributed by atoms with Gasteiger partial charge in [0.1, 0.15) is 0 Å². The van der Waals surface area contributed by atoms with Crippen molar-refractivity contribution in [2.75, 3.05) is 0 Å². The summed E-state index contributed by atoms with van der Waals surface area (Å²) in [5.74, 6) is 0.955. The van der Waals surface area contributed by atoms with E-state index in [1.54, 1.807) is 12.1 Å². The summed E-state index contributed by atoms with van der Waals surface area (Å²) in [6, 6.07) is 4.88. The second-order valence-electron chi connectivity index (χ2n) is 5.43. The summed E-state index contributed by atoms with van der Waals surface area (Å²) in [4.78, 5) is 10.7. The molecule has 1 aromatic rings. The monoisotopic (exact) mass is 301 g/mol. The van der Waals surface area contributed by atoms with Gasteiger partial charge in [0.25, 0.3) is 5.69 Å². The van der Waals surface area contributed by atoms with Crippen molar-refractivity contribution in [1.82, 2.24) is 0 Å². The van der Waals surface area contributed by atoms with E-state index >= 15 is 0 Å². The SMILES string of the molecule is CC1CCC(Cl)C(Cc2ccc(Cl)cc2[N+](=O)[O-])C1. The number of alkyl halides is 1. The van der Waals surface area contributed by atoms with Crippen molar-refractivity contribution < 1.29 is 4.92 Å². The molecule has 1 aromatic carbocycles. The minimum Gasteiger partial charge on any atom is -0.258 e. The van der Waals surface area contributed by atoms with Crippen molar-refractivity contribution in [2.24, 2.45) is 11.8 Å². The lowest BCUT2D eigenvalue weighted by atomic mass is 9.79. The van der Waals surface area contributed by atoms with Crippen LogP contribution in [0.3, 0.4) is 0 Å². The van der Waals surface area contributed by atoms with Crippen LogP contribution >= 0.6 is 23.2 Å². The minimum atomic E-state index is -0.364. The summed E-state index contributed by atoms with van der Waals surface area (Å²) in [7, 11) is 0. The first kappa shape index (κ1) is 14.6. The predicted molar refractivity (Wildman–Crippen MR) is 78.0 cm³/mol. The van der Waals surface area contributed by atoms with Crippen LogP contribution in [0.5, 0.6) is 0 Å². The van der Waals surface area contributed by atoms with E-state index in [1.807, 2.05) is 0 Å². The molecule has 0 aliphatic heterocycles. The van der Waals surface area contributed by atoms with Crippen LogP contribution in [-0.4, -0.2) is 10.3 Å². The fraction of sp³-hybridized carbons (Fsp3) is 0.571. The molecule has 0 radical (unpaired) electrons. The van der Waals surface area contributed by atoms with Gasteiger partial charge in [0.2, 0.25) is 0 Å². The Kier molecular flexibility index (Phi) is 4.69. The smallest absolute Gasteiger partial charge is 0.258 e. The van der Waals surface area contributed by atoms with Gasteiger partial charge in [0.15, 0.2) is 0 Å². The molecule has 0 bridgehead atoms. The molecule has 0 amide bonds. The molecule has 0 N–H and O–H groups in total. The number of nitrogens with zero attached hydrogens (tertiary/aromatic N) is 1. The summed E-state index contributed by atoms with van der Waals surface area (Å²) < 4.78 is 0. The zero-order valence-corrected chi connectivity index (χ0v) is 12.3. The van der Waals surface area contributed by atoms with Gasteiger partial charge < -0.3 is 0 Å². The fourth-order valence-corrected chi connectivity index (χ4v) is 3.32. The third-order valence-electron chi connectivity index (χ3n) is 3.88. The van der Waals surface area contributed by atoms with Crippen LogP contribution in [0.15, 0.2) is 18.2 Å². The molecule has 3 atom stereocenters. The van der Waals surface area contributed by atoms with Crippen molar-refractivity contribution in [3.05, 3.63) is 38.9 Å². The number of nitro benzene ring substituents is 1. The van der Waals surface area contributed by atoms with E-state index in [9.17, 15) is 10.1 Å². The summed E-state index contributed by atoms with van der Waals surface area (Å²) in [5.41, 5.74) is 0.841. The van der Waals surface area contributed by atoms with E-state index in [2.05, 4.69) is 6.92 Å². The molecule has 2 rings (SSSR count). The predicted octanol–water partition coefficient (Wildman–Crippen LogP) is 4.83. The lowest BCUT2D eigenvalue weighted by molar-refractivity contribution is -0.385. The van der Waals surface area contributed by atoms with Crippen LogP contribution < -0.4 is 0 Å². The Morgan fingerprint density at radius 3 is 2.84 bits per heavy atom. The molecule has 1 aliphatic carbocycles. The van der Waals surface area contributed by atoms with Crippen molar-refractivity contribution >= 4 is 28.9 Å². The highest BCUT2D eigenvalue weighted by Gasteiger charge is 2.29. The highest BCUT2D eigenvalue weighted by atomic mass is 35.5. The summed E-state index contributed by atoms with van der Waals surface area (Å²) in [6.07, 6.45) is 3.84. The maximum Gasteiger partial charge on any atom is 0.274 e. The molecule has 3 nitrogen and oxygen atoms in total. The molecule has 1 saturated carbocycles. The number of hydrogen-bond donors (Lipinski definition) is 0. The number of hydrogen-bond acceptors (Lipinski definition) is 2. The first-order valence-electron chi connectivity index (χ1n) is 6.54. The van der Waals surface area contributed by atoms with Crippen LogP contribution in [0.1, 0.15) is 31.7 Å². The van der Waals surface area contributed by atoms with E-state index in [0.717, 1.165) is 24.8 Å². The van der Waals surface area contributed by atoms with Crippen LogP contribution in [-0.2, 0) is 6.42 Å². The first-order chi connectivity index (χ1) is 8.97. The van der Waals surface area contributed by atoms with Crippen LogP contribution in [0.25, 0.3) is 0 Å². The molecule has 0 saturated heterocycles. The average Bonchev–Trinajstić information content (AvgIpc) is 2.35. The number of nitro groups is 1. The van der Waals surface area contributed by atoms with Gasteiger partial charge in [-0.15, -0.1) is 11.6 Å². The average molecular weight is 302 g/mol. The number of rotatable bonds is 3. The largest absolute Gasteiger partial charge is 0.274 e. The van der Waals surface area contributed by atoms with Gasteiger partial charge >= 0.3 is 0 Å². The Balaban J connectivity index is 2.20. The third kappa shape index (κ3) is 3.61. The van der Waals surface area contributed by atoms with E-state index < -0.39 is 0 Å². The Labute approximate surface area is 123 Å². The molecular formula is C14H17Cl2NO2. The van der Waals surface area contributed by atoms with E-state index in [4.69, 9.17) is 23.2 Å². The normalized spacial score (nSPS) is 27.2. The van der Waals surface area contributed by atoms with Gasteiger partial charge in [-0.05, 0) is 43.6 Å². The van der Waals surface area contributed by atoms with Crippen LogP contribution in [0.2, 0.25) is 5.02 Å². The number of halogens is 2. The van der Waals surface area contributed by atoms with Crippen LogP contribution in [0.4, 0.5) is 5.69 Å². The zero-order valence-electron chi connectivity index (χ0n) is 10.8. The van der Waals surface area contributed by atoms with Crippen LogP contribution in [0, 0.1) is 22.0 Å². The van der Waals surface area contributed by atoms with E-state index in [-0.39, 0.29) is 16.0 Å². The van der Waals surface area contributed by atoms with Gasteiger partial charge in [-0.2, -0.15) is 0 Å².